The van der Waals surface area contributed by atoms with Crippen LogP contribution in [-0.4, -0.2) is 47.1 Å². The van der Waals surface area contributed by atoms with Crippen LogP contribution in [0, 0.1) is 0 Å². The first-order chi connectivity index (χ1) is 7.24. The molecule has 3 heterocycles. The minimum Gasteiger partial charge on any atom is -0.351 e. The van der Waals surface area contributed by atoms with Gasteiger partial charge >= 0.3 is 0 Å². The largest absolute Gasteiger partial charge is 0.351 e. The molecule has 15 heavy (non-hydrogen) atoms. The van der Waals surface area contributed by atoms with E-state index in [1.54, 1.807) is 6.20 Å². The van der Waals surface area contributed by atoms with Gasteiger partial charge in [-0.15, -0.1) is 0 Å². The monoisotopic (exact) mass is 224 g/mol. The maximum absolute atomic E-state index is 5.79. The second kappa shape index (κ2) is 3.32. The zero-order chi connectivity index (χ0) is 10.4. The molecule has 0 aromatic carbocycles. The number of rotatable bonds is 1. The van der Waals surface area contributed by atoms with Crippen molar-refractivity contribution in [2.45, 2.75) is 18.5 Å². The van der Waals surface area contributed by atoms with Crippen molar-refractivity contribution in [2.24, 2.45) is 0 Å². The second-order valence-corrected chi connectivity index (χ2v) is 4.66. The van der Waals surface area contributed by atoms with Crippen LogP contribution in [0.1, 0.15) is 6.42 Å². The molecule has 0 spiro atoms. The van der Waals surface area contributed by atoms with Crippen LogP contribution in [-0.2, 0) is 0 Å². The molecular formula is C10H13ClN4. The highest BCUT2D eigenvalue weighted by atomic mass is 35.5. The van der Waals surface area contributed by atoms with E-state index in [1.807, 2.05) is 6.07 Å². The first-order valence-electron chi connectivity index (χ1n) is 5.19. The molecule has 2 aliphatic rings. The van der Waals surface area contributed by atoms with Crippen molar-refractivity contribution in [1.82, 2.24) is 14.9 Å². The van der Waals surface area contributed by atoms with Gasteiger partial charge in [0.25, 0.3) is 0 Å². The van der Waals surface area contributed by atoms with E-state index in [-0.39, 0.29) is 0 Å². The highest BCUT2D eigenvalue weighted by Crippen LogP contribution is 2.32. The Labute approximate surface area is 93.9 Å². The molecule has 2 atom stereocenters. The molecule has 1 aromatic heterocycles. The quantitative estimate of drug-likeness (QED) is 0.667. The summed E-state index contributed by atoms with van der Waals surface area (Å²) in [6, 6.07) is 3.22. The second-order valence-electron chi connectivity index (χ2n) is 4.32. The molecule has 80 valence electrons. The third kappa shape index (κ3) is 1.48. The van der Waals surface area contributed by atoms with Crippen molar-refractivity contribution < 1.29 is 0 Å². The van der Waals surface area contributed by atoms with Crippen LogP contribution in [0.2, 0.25) is 5.28 Å². The number of hydrogen-bond donors (Lipinski definition) is 0. The minimum atomic E-state index is 0.337. The van der Waals surface area contributed by atoms with Crippen molar-refractivity contribution in [3.8, 4) is 0 Å². The molecule has 2 saturated heterocycles. The first-order valence-corrected chi connectivity index (χ1v) is 5.57. The van der Waals surface area contributed by atoms with Crippen LogP contribution >= 0.6 is 11.6 Å². The number of anilines is 1. The van der Waals surface area contributed by atoms with E-state index < -0.39 is 0 Å². The number of nitrogens with zero attached hydrogens (tertiary/aromatic N) is 4. The molecule has 0 aliphatic carbocycles. The van der Waals surface area contributed by atoms with Gasteiger partial charge in [0, 0.05) is 31.4 Å². The van der Waals surface area contributed by atoms with Gasteiger partial charge < -0.3 is 4.90 Å². The van der Waals surface area contributed by atoms with Gasteiger partial charge in [-0.05, 0) is 31.1 Å². The van der Waals surface area contributed by atoms with Crippen LogP contribution in [0.3, 0.4) is 0 Å². The lowest BCUT2D eigenvalue weighted by Gasteiger charge is -2.32. The van der Waals surface area contributed by atoms with E-state index in [9.17, 15) is 0 Å². The Kier molecular flexibility index (Phi) is 2.07. The molecule has 2 aliphatic heterocycles. The number of likely N-dealkylation sites (N-methyl/N-ethyl adjacent to an activating group) is 1. The molecule has 1 aromatic rings. The van der Waals surface area contributed by atoms with Crippen LogP contribution in [0.5, 0.6) is 0 Å². The van der Waals surface area contributed by atoms with Gasteiger partial charge in [-0.1, -0.05) is 0 Å². The van der Waals surface area contributed by atoms with Gasteiger partial charge in [0.15, 0.2) is 0 Å². The average molecular weight is 225 g/mol. The maximum atomic E-state index is 5.79. The predicted molar refractivity (Wildman–Crippen MR) is 59.2 cm³/mol. The molecule has 0 amide bonds. The fraction of sp³-hybridized carbons (Fsp3) is 0.600. The number of hydrogen-bond acceptors (Lipinski definition) is 4. The van der Waals surface area contributed by atoms with Gasteiger partial charge in [0.05, 0.1) is 0 Å². The highest BCUT2D eigenvalue weighted by Gasteiger charge is 2.41. The molecule has 2 bridgehead atoms. The van der Waals surface area contributed by atoms with Crippen LogP contribution in [0.25, 0.3) is 0 Å². The van der Waals surface area contributed by atoms with Crippen molar-refractivity contribution >= 4 is 17.4 Å². The third-order valence-corrected chi connectivity index (χ3v) is 3.60. The Morgan fingerprint density at radius 3 is 2.87 bits per heavy atom. The normalized spacial score (nSPS) is 30.1. The summed E-state index contributed by atoms with van der Waals surface area (Å²) >= 11 is 5.79. The van der Waals surface area contributed by atoms with Gasteiger partial charge in [-0.3, -0.25) is 4.90 Å². The molecule has 0 saturated carbocycles. The number of aromatic nitrogens is 2. The van der Waals surface area contributed by atoms with Crippen LogP contribution in [0.15, 0.2) is 12.3 Å². The summed E-state index contributed by atoms with van der Waals surface area (Å²) in [6.45, 7) is 2.20. The summed E-state index contributed by atoms with van der Waals surface area (Å²) in [5.74, 6) is 0.968. The predicted octanol–water partition coefficient (Wildman–Crippen LogP) is 1.02. The summed E-state index contributed by atoms with van der Waals surface area (Å²) in [7, 11) is 2.19. The lowest BCUT2D eigenvalue weighted by Crippen LogP contribution is -2.44. The Morgan fingerprint density at radius 2 is 2.27 bits per heavy atom. The first kappa shape index (κ1) is 9.36. The summed E-state index contributed by atoms with van der Waals surface area (Å²) in [5, 5.41) is 0.337. The van der Waals surface area contributed by atoms with E-state index in [0.717, 1.165) is 18.9 Å². The molecule has 5 heteroatoms. The van der Waals surface area contributed by atoms with E-state index in [0.29, 0.717) is 17.4 Å². The molecule has 2 fully saturated rings. The van der Waals surface area contributed by atoms with Gasteiger partial charge in [-0.25, -0.2) is 9.97 Å². The zero-order valence-electron chi connectivity index (χ0n) is 8.60. The van der Waals surface area contributed by atoms with Crippen molar-refractivity contribution in [1.29, 1.82) is 0 Å². The van der Waals surface area contributed by atoms with Gasteiger partial charge in [0.1, 0.15) is 5.82 Å². The van der Waals surface area contributed by atoms with Crippen LogP contribution in [0.4, 0.5) is 5.82 Å². The zero-order valence-corrected chi connectivity index (χ0v) is 9.35. The van der Waals surface area contributed by atoms with Gasteiger partial charge in [-0.2, -0.15) is 0 Å². The molecule has 4 nitrogen and oxygen atoms in total. The van der Waals surface area contributed by atoms with Gasteiger partial charge in [0.2, 0.25) is 5.28 Å². The molecule has 0 radical (unpaired) electrons. The van der Waals surface area contributed by atoms with E-state index in [1.165, 1.54) is 6.42 Å². The Morgan fingerprint density at radius 1 is 1.40 bits per heavy atom. The molecular weight excluding hydrogens is 212 g/mol. The third-order valence-electron chi connectivity index (χ3n) is 3.42. The summed E-state index contributed by atoms with van der Waals surface area (Å²) in [4.78, 5) is 12.9. The average Bonchev–Trinajstić information content (AvgIpc) is 2.76. The van der Waals surface area contributed by atoms with Crippen molar-refractivity contribution in [2.75, 3.05) is 25.0 Å². The Bertz CT molecular complexity index is 381. The van der Waals surface area contributed by atoms with Crippen LogP contribution < -0.4 is 4.90 Å². The van der Waals surface area contributed by atoms with E-state index in [2.05, 4.69) is 26.8 Å². The molecule has 0 N–H and O–H groups in total. The Balaban J connectivity index is 1.86. The van der Waals surface area contributed by atoms with Crippen molar-refractivity contribution in [3.05, 3.63) is 17.5 Å². The smallest absolute Gasteiger partial charge is 0.224 e. The number of likely N-dealkylation sites (tertiary alicyclic amines) is 1. The molecule has 3 rings (SSSR count). The van der Waals surface area contributed by atoms with Crippen molar-refractivity contribution in [3.63, 3.8) is 0 Å². The molecule has 2 unspecified atom stereocenters. The fourth-order valence-corrected chi connectivity index (χ4v) is 2.78. The standard InChI is InChI=1S/C10H13ClN4/c1-14-5-8-4-7(14)6-15(8)9-2-3-12-10(11)13-9/h2-3,7-8H,4-6H2,1H3. The topological polar surface area (TPSA) is 32.3 Å². The minimum absolute atomic E-state index is 0.337. The lowest BCUT2D eigenvalue weighted by molar-refractivity contribution is 0.292. The maximum Gasteiger partial charge on any atom is 0.224 e. The summed E-state index contributed by atoms with van der Waals surface area (Å²) < 4.78 is 0. The number of fused-ring (bicyclic) bond motifs is 2. The summed E-state index contributed by atoms with van der Waals surface area (Å²) in [6.07, 6.45) is 2.97. The van der Waals surface area contributed by atoms with E-state index in [4.69, 9.17) is 11.6 Å². The fourth-order valence-electron chi connectivity index (χ4n) is 2.63. The lowest BCUT2D eigenvalue weighted by atomic mass is 10.2. The number of halogens is 1. The Hall–Kier alpha value is -0.870. The van der Waals surface area contributed by atoms with E-state index >= 15 is 0 Å². The number of piperazine rings is 1. The SMILES string of the molecule is CN1CC2CC1CN2c1ccnc(Cl)n1. The highest BCUT2D eigenvalue weighted by molar-refractivity contribution is 6.28. The summed E-state index contributed by atoms with van der Waals surface area (Å²) in [5.41, 5.74) is 0.